The number of halogens is 1. The second kappa shape index (κ2) is 9.31. The van der Waals surface area contributed by atoms with E-state index in [-0.39, 0.29) is 24.0 Å². The third-order valence-electron chi connectivity index (χ3n) is 3.82. The molecule has 0 saturated carbocycles. The minimum absolute atomic E-state index is 0. The molecule has 0 bridgehead atoms. The SMILES string of the molecule is CCNC(=NCc1cn2ccc(C)cc2n1)NCc1sc(C)nc1C.I. The molecule has 8 heteroatoms. The molecule has 0 spiro atoms. The largest absolute Gasteiger partial charge is 0.357 e. The summed E-state index contributed by atoms with van der Waals surface area (Å²) in [5.74, 6) is 0.793. The van der Waals surface area contributed by atoms with Crippen molar-refractivity contribution in [3.63, 3.8) is 0 Å². The van der Waals surface area contributed by atoms with Crippen LogP contribution in [0.1, 0.15) is 33.8 Å². The Bertz CT molecular complexity index is 898. The number of nitrogens with one attached hydrogen (secondary N) is 2. The summed E-state index contributed by atoms with van der Waals surface area (Å²) in [6.45, 7) is 10.3. The normalized spacial score (nSPS) is 11.5. The van der Waals surface area contributed by atoms with Gasteiger partial charge in [-0.1, -0.05) is 0 Å². The minimum Gasteiger partial charge on any atom is -0.357 e. The molecule has 2 N–H and O–H groups in total. The molecule has 26 heavy (non-hydrogen) atoms. The van der Waals surface area contributed by atoms with Crippen molar-refractivity contribution in [2.75, 3.05) is 6.54 Å². The highest BCUT2D eigenvalue weighted by molar-refractivity contribution is 14.0. The number of aliphatic imine (C=N–C) groups is 1. The fraction of sp³-hybridized carbons (Fsp3) is 0.389. The molecule has 0 aliphatic carbocycles. The molecule has 0 atom stereocenters. The predicted octanol–water partition coefficient (Wildman–Crippen LogP) is 3.59. The number of rotatable bonds is 5. The predicted molar refractivity (Wildman–Crippen MR) is 119 cm³/mol. The van der Waals surface area contributed by atoms with Gasteiger partial charge in [0.2, 0.25) is 0 Å². The summed E-state index contributed by atoms with van der Waals surface area (Å²) in [4.78, 5) is 15.0. The van der Waals surface area contributed by atoms with Crippen LogP contribution in [0.25, 0.3) is 5.65 Å². The number of fused-ring (bicyclic) bond motifs is 1. The summed E-state index contributed by atoms with van der Waals surface area (Å²) < 4.78 is 2.03. The van der Waals surface area contributed by atoms with Crippen molar-refractivity contribution < 1.29 is 0 Å². The van der Waals surface area contributed by atoms with Crippen molar-refractivity contribution in [3.05, 3.63) is 51.4 Å². The van der Waals surface area contributed by atoms with Gasteiger partial charge in [0.15, 0.2) is 5.96 Å². The van der Waals surface area contributed by atoms with E-state index in [9.17, 15) is 0 Å². The quantitative estimate of drug-likeness (QED) is 0.330. The molecule has 6 nitrogen and oxygen atoms in total. The molecule has 0 radical (unpaired) electrons. The molecule has 0 saturated heterocycles. The molecule has 3 rings (SSSR count). The number of thiazole rings is 1. The van der Waals surface area contributed by atoms with Crippen molar-refractivity contribution in [1.82, 2.24) is 25.0 Å². The van der Waals surface area contributed by atoms with E-state index in [2.05, 4.69) is 51.6 Å². The zero-order valence-electron chi connectivity index (χ0n) is 15.5. The van der Waals surface area contributed by atoms with Crippen molar-refractivity contribution >= 4 is 46.9 Å². The number of aryl methyl sites for hydroxylation is 3. The van der Waals surface area contributed by atoms with Crippen LogP contribution in [-0.2, 0) is 13.1 Å². The third kappa shape index (κ3) is 5.16. The van der Waals surface area contributed by atoms with E-state index in [1.54, 1.807) is 11.3 Å². The van der Waals surface area contributed by atoms with Crippen LogP contribution in [0.3, 0.4) is 0 Å². The Hall–Kier alpha value is -1.68. The lowest BCUT2D eigenvalue weighted by Gasteiger charge is -2.10. The molecule has 0 aromatic carbocycles. The first kappa shape index (κ1) is 20.6. The van der Waals surface area contributed by atoms with Crippen molar-refractivity contribution in [1.29, 1.82) is 0 Å². The summed E-state index contributed by atoms with van der Waals surface area (Å²) >= 11 is 1.72. The molecule has 0 unspecified atom stereocenters. The van der Waals surface area contributed by atoms with Crippen molar-refractivity contribution in [2.45, 2.75) is 40.8 Å². The van der Waals surface area contributed by atoms with Gasteiger partial charge < -0.3 is 15.0 Å². The number of nitrogens with zero attached hydrogens (tertiary/aromatic N) is 4. The number of aromatic nitrogens is 3. The molecule has 140 valence electrons. The Morgan fingerprint density at radius 2 is 2.04 bits per heavy atom. The molecule has 3 aromatic rings. The maximum Gasteiger partial charge on any atom is 0.191 e. The second-order valence-corrected chi connectivity index (χ2v) is 7.28. The molecule has 0 fully saturated rings. The van der Waals surface area contributed by atoms with Gasteiger partial charge in [0, 0.05) is 23.8 Å². The van der Waals surface area contributed by atoms with E-state index in [1.807, 2.05) is 30.6 Å². The zero-order chi connectivity index (χ0) is 17.8. The minimum atomic E-state index is 0. The lowest BCUT2D eigenvalue weighted by atomic mass is 10.3. The van der Waals surface area contributed by atoms with Gasteiger partial charge in [-0.2, -0.15) is 0 Å². The highest BCUT2D eigenvalue weighted by Gasteiger charge is 2.06. The van der Waals surface area contributed by atoms with Crippen molar-refractivity contribution in [2.24, 2.45) is 4.99 Å². The highest BCUT2D eigenvalue weighted by atomic mass is 127. The van der Waals surface area contributed by atoms with E-state index in [1.165, 1.54) is 10.4 Å². The summed E-state index contributed by atoms with van der Waals surface area (Å²) in [7, 11) is 0. The first-order chi connectivity index (χ1) is 12.0. The van der Waals surface area contributed by atoms with Crippen LogP contribution in [-0.4, -0.2) is 26.9 Å². The van der Waals surface area contributed by atoms with Gasteiger partial charge in [-0.25, -0.2) is 15.0 Å². The molecule has 3 heterocycles. The van der Waals surface area contributed by atoms with Crippen LogP contribution in [0.4, 0.5) is 0 Å². The summed E-state index contributed by atoms with van der Waals surface area (Å²) in [5, 5.41) is 7.75. The summed E-state index contributed by atoms with van der Waals surface area (Å²) in [6, 6.07) is 4.15. The maximum absolute atomic E-state index is 4.66. The van der Waals surface area contributed by atoms with E-state index < -0.39 is 0 Å². The summed E-state index contributed by atoms with van der Waals surface area (Å²) in [5.41, 5.74) is 4.20. The molecule has 0 amide bonds. The van der Waals surface area contributed by atoms with Gasteiger partial charge >= 0.3 is 0 Å². The average molecular weight is 484 g/mol. The lowest BCUT2D eigenvalue weighted by molar-refractivity contribution is 0.816. The number of hydrogen-bond donors (Lipinski definition) is 2. The van der Waals surface area contributed by atoms with Crippen LogP contribution >= 0.6 is 35.3 Å². The summed E-state index contributed by atoms with van der Waals surface area (Å²) in [6.07, 6.45) is 4.06. The first-order valence-corrected chi connectivity index (χ1v) is 9.26. The van der Waals surface area contributed by atoms with Crippen LogP contribution < -0.4 is 10.6 Å². The highest BCUT2D eigenvalue weighted by Crippen LogP contribution is 2.16. The Balaban J connectivity index is 0.00000243. The van der Waals surface area contributed by atoms with Gasteiger partial charge in [-0.3, -0.25) is 0 Å². The Morgan fingerprint density at radius 3 is 2.73 bits per heavy atom. The fourth-order valence-corrected chi connectivity index (χ4v) is 3.49. The first-order valence-electron chi connectivity index (χ1n) is 8.44. The van der Waals surface area contributed by atoms with Gasteiger partial charge in [0.25, 0.3) is 0 Å². The molecule has 0 aliphatic rings. The van der Waals surface area contributed by atoms with Gasteiger partial charge in [0.05, 0.1) is 29.5 Å². The number of imidazole rings is 1. The van der Waals surface area contributed by atoms with Crippen LogP contribution in [0.15, 0.2) is 29.5 Å². The molecular weight excluding hydrogens is 459 g/mol. The topological polar surface area (TPSA) is 66.6 Å². The van der Waals surface area contributed by atoms with Crippen LogP contribution in [0, 0.1) is 20.8 Å². The molecule has 0 aliphatic heterocycles. The standard InChI is InChI=1S/C18H24N6S.HI/c1-5-19-18(21-10-16-13(3)22-14(4)25-16)20-9-15-11-24-7-6-12(2)8-17(24)23-15;/h6-8,11H,5,9-10H2,1-4H3,(H2,19,20,21);1H. The maximum atomic E-state index is 4.66. The third-order valence-corrected chi connectivity index (χ3v) is 4.90. The lowest BCUT2D eigenvalue weighted by Crippen LogP contribution is -2.36. The smallest absolute Gasteiger partial charge is 0.191 e. The van der Waals surface area contributed by atoms with Crippen LogP contribution in [0.2, 0.25) is 0 Å². The Labute approximate surface area is 175 Å². The van der Waals surface area contributed by atoms with Gasteiger partial charge in [0.1, 0.15) is 5.65 Å². The molecular formula is C18H25IN6S. The van der Waals surface area contributed by atoms with E-state index in [4.69, 9.17) is 0 Å². The number of pyridine rings is 1. The van der Waals surface area contributed by atoms with Gasteiger partial charge in [-0.15, -0.1) is 35.3 Å². The van der Waals surface area contributed by atoms with Crippen LogP contribution in [0.5, 0.6) is 0 Å². The number of guanidine groups is 1. The zero-order valence-corrected chi connectivity index (χ0v) is 18.7. The van der Waals surface area contributed by atoms with Crippen molar-refractivity contribution in [3.8, 4) is 0 Å². The van der Waals surface area contributed by atoms with E-state index in [0.717, 1.165) is 41.1 Å². The Kier molecular flexibility index (Phi) is 7.39. The van der Waals surface area contributed by atoms with E-state index >= 15 is 0 Å². The van der Waals surface area contributed by atoms with E-state index in [0.29, 0.717) is 6.54 Å². The Morgan fingerprint density at radius 1 is 1.23 bits per heavy atom. The second-order valence-electron chi connectivity index (χ2n) is 5.99. The van der Waals surface area contributed by atoms with Gasteiger partial charge in [-0.05, 0) is 45.4 Å². The number of hydrogen-bond acceptors (Lipinski definition) is 4. The fourth-order valence-electron chi connectivity index (χ4n) is 2.62. The average Bonchev–Trinajstić information content (AvgIpc) is 3.11. The molecule has 3 aromatic heterocycles. The monoisotopic (exact) mass is 484 g/mol.